The predicted octanol–water partition coefficient (Wildman–Crippen LogP) is 9.09. The molecule has 0 N–H and O–H groups in total. The highest BCUT2D eigenvalue weighted by atomic mass is 32.2. The van der Waals surface area contributed by atoms with Crippen molar-refractivity contribution in [3.8, 4) is 0 Å². The molecule has 1 nitrogen and oxygen atoms in total. The Morgan fingerprint density at radius 2 is 1.30 bits per heavy atom. The molecule has 0 heterocycles. The molecule has 0 saturated heterocycles. The molecule has 3 aromatic rings. The lowest BCUT2D eigenvalue weighted by Gasteiger charge is -2.32. The molecule has 0 aromatic heterocycles. The van der Waals surface area contributed by atoms with E-state index < -0.39 is 8.32 Å². The van der Waals surface area contributed by atoms with E-state index in [0.717, 1.165) is 25.3 Å². The van der Waals surface area contributed by atoms with Gasteiger partial charge in [-0.25, -0.2) is 0 Å². The highest BCUT2D eigenvalue weighted by Gasteiger charge is 2.29. The van der Waals surface area contributed by atoms with Crippen LogP contribution in [0, 0.1) is 0 Å². The maximum absolute atomic E-state index is 6.93. The molecule has 0 aliphatic heterocycles. The average Bonchev–Trinajstić information content (AvgIpc) is 2.78. The van der Waals surface area contributed by atoms with Crippen LogP contribution in [0.15, 0.2) is 113 Å². The number of benzene rings is 3. The van der Waals surface area contributed by atoms with Gasteiger partial charge in [-0.1, -0.05) is 72.3 Å². The molecular weight excluding hydrogens is 457 g/mol. The number of hydrogen-bond donors (Lipinski definition) is 0. The Morgan fingerprint density at radius 3 is 1.79 bits per heavy atom. The van der Waals surface area contributed by atoms with Gasteiger partial charge in [0.2, 0.25) is 0 Å². The van der Waals surface area contributed by atoms with Gasteiger partial charge >= 0.3 is 0 Å². The molecule has 0 bridgehead atoms. The summed E-state index contributed by atoms with van der Waals surface area (Å²) in [6.07, 6.45) is 3.32. The summed E-state index contributed by atoms with van der Waals surface area (Å²) in [5.74, 6) is 0. The molecule has 0 spiro atoms. The maximum atomic E-state index is 6.93. The summed E-state index contributed by atoms with van der Waals surface area (Å²) in [5.41, 5.74) is 2.61. The van der Waals surface area contributed by atoms with Gasteiger partial charge in [-0.05, 0) is 75.2 Å². The number of hydrogen-bond acceptors (Lipinski definition) is 3. The number of allylic oxidation sites excluding steroid dienone is 1. The zero-order valence-electron chi connectivity index (χ0n) is 20.1. The lowest BCUT2D eigenvalue weighted by atomic mass is 10.1. The third-order valence-corrected chi connectivity index (χ3v) is 10.3. The lowest BCUT2D eigenvalue weighted by Crippen LogP contribution is -2.37. The second-order valence-corrected chi connectivity index (χ2v) is 16.1. The number of rotatable bonds is 13. The van der Waals surface area contributed by atoms with Crippen molar-refractivity contribution in [1.29, 1.82) is 0 Å². The van der Waals surface area contributed by atoms with E-state index in [4.69, 9.17) is 4.43 Å². The smallest absolute Gasteiger partial charge is 0.191 e. The Hall–Kier alpha value is -1.72. The summed E-state index contributed by atoms with van der Waals surface area (Å²) >= 11 is 3.91. The Balaban J connectivity index is 1.77. The predicted molar refractivity (Wildman–Crippen MR) is 150 cm³/mol. The van der Waals surface area contributed by atoms with Gasteiger partial charge in [-0.2, -0.15) is 0 Å². The van der Waals surface area contributed by atoms with Crippen molar-refractivity contribution in [2.75, 3.05) is 0 Å². The van der Waals surface area contributed by atoms with Gasteiger partial charge in [-0.3, -0.25) is 0 Å². The summed E-state index contributed by atoms with van der Waals surface area (Å²) in [6.45, 7) is 11.0. The third kappa shape index (κ3) is 9.97. The van der Waals surface area contributed by atoms with Crippen molar-refractivity contribution in [2.45, 2.75) is 65.8 Å². The monoisotopic (exact) mass is 492 g/mol. The van der Waals surface area contributed by atoms with Crippen LogP contribution >= 0.6 is 23.5 Å². The van der Waals surface area contributed by atoms with E-state index in [-0.39, 0.29) is 6.10 Å². The third-order valence-electron chi connectivity index (χ3n) is 5.29. The molecule has 0 aliphatic rings. The summed E-state index contributed by atoms with van der Waals surface area (Å²) < 4.78 is 7.31. The minimum Gasteiger partial charge on any atom is -0.414 e. The standard InChI is InChI=1S/C29H36OS2Si/c1-24(2)23-33(3,4)30-26(21-20-25-14-8-5-9-15-25)22-29(31-27-16-10-6-11-17-27)32-28-18-12-7-13-19-28/h5-19,26,29H,1,20-23H2,2-4H3. The fraction of sp³-hybridized carbons (Fsp3) is 0.310. The summed E-state index contributed by atoms with van der Waals surface area (Å²) in [4.78, 5) is 2.62. The van der Waals surface area contributed by atoms with Crippen molar-refractivity contribution >= 4 is 31.8 Å². The van der Waals surface area contributed by atoms with Gasteiger partial charge in [0.05, 0.1) is 4.58 Å². The van der Waals surface area contributed by atoms with Crippen LogP contribution in [-0.2, 0) is 10.8 Å². The Bertz CT molecular complexity index is 919. The van der Waals surface area contributed by atoms with E-state index in [9.17, 15) is 0 Å². The van der Waals surface area contributed by atoms with E-state index in [1.54, 1.807) is 0 Å². The van der Waals surface area contributed by atoms with Crippen molar-refractivity contribution in [2.24, 2.45) is 0 Å². The summed E-state index contributed by atoms with van der Waals surface area (Å²) in [7, 11) is -1.84. The largest absolute Gasteiger partial charge is 0.414 e. The average molecular weight is 493 g/mol. The van der Waals surface area contributed by atoms with Crippen LogP contribution in [0.4, 0.5) is 0 Å². The second-order valence-electron chi connectivity index (χ2n) is 9.18. The zero-order valence-corrected chi connectivity index (χ0v) is 22.7. The summed E-state index contributed by atoms with van der Waals surface area (Å²) in [5, 5.41) is 0. The molecule has 4 heteroatoms. The molecular formula is C29H36OS2Si. The van der Waals surface area contributed by atoms with Crippen LogP contribution in [0.2, 0.25) is 19.1 Å². The first-order chi connectivity index (χ1) is 15.9. The van der Waals surface area contributed by atoms with Gasteiger partial charge in [0.15, 0.2) is 8.32 Å². The fourth-order valence-electron chi connectivity index (χ4n) is 4.05. The normalized spacial score (nSPS) is 12.6. The molecule has 0 saturated carbocycles. The zero-order chi connectivity index (χ0) is 23.5. The van der Waals surface area contributed by atoms with Gasteiger partial charge < -0.3 is 4.43 Å². The Morgan fingerprint density at radius 1 is 0.818 bits per heavy atom. The van der Waals surface area contributed by atoms with Crippen molar-refractivity contribution in [3.05, 3.63) is 109 Å². The van der Waals surface area contributed by atoms with E-state index in [2.05, 4.69) is 118 Å². The highest BCUT2D eigenvalue weighted by Crippen LogP contribution is 2.39. The van der Waals surface area contributed by atoms with Gasteiger partial charge in [-0.15, -0.1) is 30.1 Å². The lowest BCUT2D eigenvalue weighted by molar-refractivity contribution is 0.177. The van der Waals surface area contributed by atoms with Crippen LogP contribution in [0.1, 0.15) is 25.3 Å². The maximum Gasteiger partial charge on any atom is 0.191 e. The van der Waals surface area contributed by atoms with Crippen molar-refractivity contribution in [1.82, 2.24) is 0 Å². The molecule has 174 valence electrons. The highest BCUT2D eigenvalue weighted by molar-refractivity contribution is 8.17. The molecule has 0 fully saturated rings. The van der Waals surface area contributed by atoms with Crippen molar-refractivity contribution < 1.29 is 4.43 Å². The van der Waals surface area contributed by atoms with Gasteiger partial charge in [0.25, 0.3) is 0 Å². The molecule has 1 unspecified atom stereocenters. The quantitative estimate of drug-likeness (QED) is 0.102. The van der Waals surface area contributed by atoms with E-state index in [0.29, 0.717) is 4.58 Å². The van der Waals surface area contributed by atoms with Gasteiger partial charge in [0, 0.05) is 15.9 Å². The van der Waals surface area contributed by atoms with E-state index in [1.807, 2.05) is 23.5 Å². The van der Waals surface area contributed by atoms with Crippen molar-refractivity contribution in [3.63, 3.8) is 0 Å². The molecule has 3 rings (SSSR count). The SMILES string of the molecule is C=C(C)C[Si](C)(C)OC(CCc1ccccc1)CC(Sc1ccccc1)Sc1ccccc1. The van der Waals surface area contributed by atoms with Crippen LogP contribution in [0.5, 0.6) is 0 Å². The molecule has 33 heavy (non-hydrogen) atoms. The second kappa shape index (κ2) is 13.2. The van der Waals surface area contributed by atoms with E-state index >= 15 is 0 Å². The first-order valence-corrected chi connectivity index (χ1v) is 16.6. The number of thioether (sulfide) groups is 2. The van der Waals surface area contributed by atoms with E-state index in [1.165, 1.54) is 20.9 Å². The first-order valence-electron chi connectivity index (χ1n) is 11.7. The van der Waals surface area contributed by atoms with Crippen LogP contribution in [-0.4, -0.2) is 19.0 Å². The molecule has 0 radical (unpaired) electrons. The Kier molecular flexibility index (Phi) is 10.4. The van der Waals surface area contributed by atoms with Crippen LogP contribution in [0.25, 0.3) is 0 Å². The molecule has 0 amide bonds. The first kappa shape index (κ1) is 25.9. The topological polar surface area (TPSA) is 9.23 Å². The molecule has 0 aliphatic carbocycles. The summed E-state index contributed by atoms with van der Waals surface area (Å²) in [6, 6.07) is 33.3. The van der Waals surface area contributed by atoms with Crippen LogP contribution < -0.4 is 0 Å². The molecule has 1 atom stereocenters. The fourth-order valence-corrected chi connectivity index (χ4v) is 9.42. The number of aryl methyl sites for hydroxylation is 1. The molecule has 3 aromatic carbocycles. The minimum atomic E-state index is -1.84. The Labute approximate surface area is 210 Å². The van der Waals surface area contributed by atoms with Crippen LogP contribution in [0.3, 0.4) is 0 Å². The minimum absolute atomic E-state index is 0.226. The van der Waals surface area contributed by atoms with Gasteiger partial charge in [0.1, 0.15) is 0 Å².